The molecule has 0 aliphatic rings. The van der Waals surface area contributed by atoms with Crippen molar-refractivity contribution in [1.29, 1.82) is 0 Å². The van der Waals surface area contributed by atoms with Crippen molar-refractivity contribution in [2.45, 2.75) is 6.54 Å². The third-order valence-electron chi connectivity index (χ3n) is 4.27. The van der Waals surface area contributed by atoms with Crippen LogP contribution in [-0.2, 0) is 6.54 Å². The predicted octanol–water partition coefficient (Wildman–Crippen LogP) is 4.04. The van der Waals surface area contributed by atoms with E-state index in [-0.39, 0.29) is 11.7 Å². The van der Waals surface area contributed by atoms with Crippen molar-refractivity contribution in [3.63, 3.8) is 0 Å². The second-order valence-corrected chi connectivity index (χ2v) is 6.03. The molecule has 4 rings (SSSR count). The normalized spacial score (nSPS) is 10.8. The van der Waals surface area contributed by atoms with Gasteiger partial charge in [-0.1, -0.05) is 36.4 Å². The van der Waals surface area contributed by atoms with E-state index in [2.05, 4.69) is 10.4 Å². The maximum absolute atomic E-state index is 12.6. The third kappa shape index (κ3) is 3.15. The van der Waals surface area contributed by atoms with Crippen LogP contribution in [0.4, 0.5) is 5.69 Å². The Labute approximate surface area is 150 Å². The molecule has 2 N–H and O–H groups in total. The Morgan fingerprint density at radius 1 is 0.962 bits per heavy atom. The zero-order valence-electron chi connectivity index (χ0n) is 14.0. The van der Waals surface area contributed by atoms with Crippen LogP contribution in [0.2, 0.25) is 0 Å². The van der Waals surface area contributed by atoms with Crippen LogP contribution >= 0.6 is 0 Å². The van der Waals surface area contributed by atoms with E-state index in [9.17, 15) is 9.90 Å². The van der Waals surface area contributed by atoms with Crippen molar-refractivity contribution >= 4 is 22.4 Å². The molecule has 5 nitrogen and oxygen atoms in total. The molecule has 1 amide bonds. The number of nitrogens with zero attached hydrogens (tertiary/aromatic N) is 2. The first-order chi connectivity index (χ1) is 12.7. The number of aromatic nitrogens is 2. The largest absolute Gasteiger partial charge is 0.507 e. The molecule has 0 saturated carbocycles. The average Bonchev–Trinajstić information content (AvgIpc) is 3.18. The van der Waals surface area contributed by atoms with Gasteiger partial charge in [0.1, 0.15) is 5.75 Å². The molecular formula is C21H17N3O2. The fraction of sp³-hybridized carbons (Fsp3) is 0.0476. The first-order valence-corrected chi connectivity index (χ1v) is 8.29. The fourth-order valence-corrected chi connectivity index (χ4v) is 2.93. The molecule has 128 valence electrons. The number of carbonyl (C=O) groups is 1. The number of nitrogens with one attached hydrogen (secondary N) is 1. The van der Waals surface area contributed by atoms with Crippen molar-refractivity contribution in [2.24, 2.45) is 0 Å². The summed E-state index contributed by atoms with van der Waals surface area (Å²) in [6, 6.07) is 20.1. The SMILES string of the molecule is O=C(Nc1ccc(O)c2ccccc12)c1ccc(Cn2cccn2)cc1. The van der Waals surface area contributed by atoms with Gasteiger partial charge in [-0.05, 0) is 35.9 Å². The van der Waals surface area contributed by atoms with Crippen molar-refractivity contribution in [1.82, 2.24) is 9.78 Å². The lowest BCUT2D eigenvalue weighted by molar-refractivity contribution is 0.102. The number of carbonyl (C=O) groups excluding carboxylic acids is 1. The molecule has 1 heterocycles. The minimum atomic E-state index is -0.188. The van der Waals surface area contributed by atoms with Crippen LogP contribution < -0.4 is 5.32 Å². The summed E-state index contributed by atoms with van der Waals surface area (Å²) >= 11 is 0. The number of hydrogen-bond donors (Lipinski definition) is 2. The van der Waals surface area contributed by atoms with Gasteiger partial charge >= 0.3 is 0 Å². The second-order valence-electron chi connectivity index (χ2n) is 6.03. The number of fused-ring (bicyclic) bond motifs is 1. The van der Waals surface area contributed by atoms with E-state index in [0.717, 1.165) is 10.9 Å². The summed E-state index contributed by atoms with van der Waals surface area (Å²) in [6.45, 7) is 0.664. The van der Waals surface area contributed by atoms with Gasteiger partial charge in [0.05, 0.1) is 6.54 Å². The van der Waals surface area contributed by atoms with Gasteiger partial charge in [-0.2, -0.15) is 5.10 Å². The van der Waals surface area contributed by atoms with E-state index < -0.39 is 0 Å². The molecule has 0 atom stereocenters. The van der Waals surface area contributed by atoms with E-state index in [4.69, 9.17) is 0 Å². The fourth-order valence-electron chi connectivity index (χ4n) is 2.93. The highest BCUT2D eigenvalue weighted by Gasteiger charge is 2.10. The molecule has 5 heteroatoms. The van der Waals surface area contributed by atoms with Crippen molar-refractivity contribution in [3.05, 3.63) is 90.3 Å². The molecule has 0 aliphatic heterocycles. The van der Waals surface area contributed by atoms with Gasteiger partial charge in [0.2, 0.25) is 0 Å². The Balaban J connectivity index is 1.54. The number of amides is 1. The Bertz CT molecular complexity index is 1050. The monoisotopic (exact) mass is 343 g/mol. The topological polar surface area (TPSA) is 67.2 Å². The van der Waals surface area contributed by atoms with Crippen LogP contribution in [0.5, 0.6) is 5.75 Å². The molecule has 0 aliphatic carbocycles. The number of phenolic OH excluding ortho intramolecular Hbond substituents is 1. The zero-order valence-corrected chi connectivity index (χ0v) is 14.0. The second kappa shape index (κ2) is 6.72. The minimum absolute atomic E-state index is 0.188. The van der Waals surface area contributed by atoms with Crippen molar-refractivity contribution < 1.29 is 9.90 Å². The predicted molar refractivity (Wildman–Crippen MR) is 101 cm³/mol. The highest BCUT2D eigenvalue weighted by Crippen LogP contribution is 2.30. The summed E-state index contributed by atoms with van der Waals surface area (Å²) in [7, 11) is 0. The third-order valence-corrected chi connectivity index (χ3v) is 4.27. The van der Waals surface area contributed by atoms with Crippen LogP contribution in [0.3, 0.4) is 0 Å². The quantitative estimate of drug-likeness (QED) is 0.550. The molecule has 0 saturated heterocycles. The van der Waals surface area contributed by atoms with Gasteiger partial charge in [-0.15, -0.1) is 0 Å². The Kier molecular flexibility index (Phi) is 4.11. The smallest absolute Gasteiger partial charge is 0.255 e. The number of phenols is 1. The molecule has 0 unspecified atom stereocenters. The van der Waals surface area contributed by atoms with Crippen LogP contribution in [0.25, 0.3) is 10.8 Å². The number of aromatic hydroxyl groups is 1. The first-order valence-electron chi connectivity index (χ1n) is 8.29. The maximum atomic E-state index is 12.6. The molecule has 0 bridgehead atoms. The Morgan fingerprint density at radius 2 is 1.73 bits per heavy atom. The summed E-state index contributed by atoms with van der Waals surface area (Å²) < 4.78 is 1.83. The van der Waals surface area contributed by atoms with Crippen LogP contribution in [0.15, 0.2) is 79.1 Å². The summed E-state index contributed by atoms with van der Waals surface area (Å²) in [5, 5.41) is 18.6. The van der Waals surface area contributed by atoms with Crippen LogP contribution in [0.1, 0.15) is 15.9 Å². The van der Waals surface area contributed by atoms with E-state index in [1.54, 1.807) is 30.5 Å². The number of benzene rings is 3. The maximum Gasteiger partial charge on any atom is 0.255 e. The minimum Gasteiger partial charge on any atom is -0.507 e. The lowest BCUT2D eigenvalue weighted by Gasteiger charge is -2.10. The van der Waals surface area contributed by atoms with Gasteiger partial charge in [0.25, 0.3) is 5.91 Å². The lowest BCUT2D eigenvalue weighted by atomic mass is 10.1. The molecule has 0 spiro atoms. The Morgan fingerprint density at radius 3 is 2.46 bits per heavy atom. The Hall–Kier alpha value is -3.60. The zero-order chi connectivity index (χ0) is 17.9. The molecular weight excluding hydrogens is 326 g/mol. The number of anilines is 1. The van der Waals surface area contributed by atoms with E-state index >= 15 is 0 Å². The van der Waals surface area contributed by atoms with E-state index in [0.29, 0.717) is 23.2 Å². The summed E-state index contributed by atoms with van der Waals surface area (Å²) in [5.74, 6) is 0.00746. The van der Waals surface area contributed by atoms with Crippen molar-refractivity contribution in [3.8, 4) is 5.75 Å². The molecule has 0 fully saturated rings. The van der Waals surface area contributed by atoms with E-state index in [1.807, 2.05) is 53.3 Å². The molecule has 26 heavy (non-hydrogen) atoms. The van der Waals surface area contributed by atoms with Gasteiger partial charge < -0.3 is 10.4 Å². The number of hydrogen-bond acceptors (Lipinski definition) is 3. The summed E-state index contributed by atoms with van der Waals surface area (Å²) in [4.78, 5) is 12.6. The van der Waals surface area contributed by atoms with Gasteiger partial charge in [-0.25, -0.2) is 0 Å². The molecule has 1 aromatic heterocycles. The lowest BCUT2D eigenvalue weighted by Crippen LogP contribution is -2.12. The standard InChI is InChI=1S/C21H17N3O2/c25-20-11-10-19(17-4-1-2-5-18(17)20)23-21(26)16-8-6-15(7-9-16)14-24-13-3-12-22-24/h1-13,25H,14H2,(H,23,26). The highest BCUT2D eigenvalue weighted by atomic mass is 16.3. The van der Waals surface area contributed by atoms with Gasteiger partial charge in [0, 0.05) is 34.4 Å². The van der Waals surface area contributed by atoms with E-state index in [1.165, 1.54) is 0 Å². The highest BCUT2D eigenvalue weighted by molar-refractivity contribution is 6.10. The average molecular weight is 343 g/mol. The number of rotatable bonds is 4. The van der Waals surface area contributed by atoms with Gasteiger partial charge in [-0.3, -0.25) is 9.48 Å². The van der Waals surface area contributed by atoms with Crippen LogP contribution in [-0.4, -0.2) is 20.8 Å². The van der Waals surface area contributed by atoms with Gasteiger partial charge in [0.15, 0.2) is 0 Å². The molecule has 0 radical (unpaired) electrons. The van der Waals surface area contributed by atoms with Crippen LogP contribution in [0, 0.1) is 0 Å². The molecule has 4 aromatic rings. The first kappa shape index (κ1) is 15.9. The molecule has 3 aromatic carbocycles. The van der Waals surface area contributed by atoms with Crippen molar-refractivity contribution in [2.75, 3.05) is 5.32 Å². The summed E-state index contributed by atoms with van der Waals surface area (Å²) in [5.41, 5.74) is 2.32. The summed E-state index contributed by atoms with van der Waals surface area (Å²) in [6.07, 6.45) is 3.64.